The third kappa shape index (κ3) is 5.46. The number of nitrogens with zero attached hydrogens (tertiary/aromatic N) is 1. The lowest BCUT2D eigenvalue weighted by Gasteiger charge is -2.25. The Morgan fingerprint density at radius 3 is 2.19 bits per heavy atom. The van der Waals surface area contributed by atoms with Crippen LogP contribution in [-0.4, -0.2) is 34.1 Å². The lowest BCUT2D eigenvalue weighted by atomic mass is 10.2. The number of benzene rings is 3. The van der Waals surface area contributed by atoms with E-state index in [1.165, 1.54) is 16.4 Å². The largest absolute Gasteiger partial charge is 0.466 e. The van der Waals surface area contributed by atoms with Crippen LogP contribution in [0.25, 0.3) is 0 Å². The molecule has 0 saturated heterocycles. The lowest BCUT2D eigenvalue weighted by molar-refractivity contribution is -0.144. The maximum Gasteiger partial charge on any atom is 0.344 e. The second-order valence-corrected chi connectivity index (χ2v) is 8.87. The van der Waals surface area contributed by atoms with Crippen LogP contribution in [0.1, 0.15) is 15.9 Å². The molecule has 9 heteroatoms. The average molecular weight is 474 g/mol. The highest BCUT2D eigenvalue weighted by atomic mass is 35.5. The normalized spacial score (nSPS) is 10.9. The zero-order valence-corrected chi connectivity index (χ0v) is 18.7. The Kier molecular flexibility index (Phi) is 7.50. The van der Waals surface area contributed by atoms with E-state index in [0.29, 0.717) is 5.69 Å². The summed E-state index contributed by atoms with van der Waals surface area (Å²) in [6.07, 6.45) is 0. The van der Waals surface area contributed by atoms with Gasteiger partial charge in [-0.05, 0) is 35.9 Å². The van der Waals surface area contributed by atoms with E-state index < -0.39 is 28.6 Å². The van der Waals surface area contributed by atoms with Gasteiger partial charge in [0.25, 0.3) is 10.0 Å². The summed E-state index contributed by atoms with van der Waals surface area (Å²) in [5.41, 5.74) is 1.14. The molecule has 0 heterocycles. The third-order valence-corrected chi connectivity index (χ3v) is 6.75. The minimum Gasteiger partial charge on any atom is -0.466 e. The number of carbonyl (C=O) groups excluding carboxylic acids is 2. The van der Waals surface area contributed by atoms with Crippen molar-refractivity contribution < 1.29 is 27.5 Å². The fraction of sp³-hybridized carbons (Fsp3) is 0.130. The molecule has 0 unspecified atom stereocenters. The van der Waals surface area contributed by atoms with Crippen LogP contribution in [0.3, 0.4) is 0 Å². The second-order valence-electron chi connectivity index (χ2n) is 6.63. The van der Waals surface area contributed by atoms with Crippen LogP contribution in [0.2, 0.25) is 5.02 Å². The van der Waals surface area contributed by atoms with Crippen molar-refractivity contribution in [3.63, 3.8) is 0 Å². The minimum absolute atomic E-state index is 0.0523. The molecule has 0 aliphatic heterocycles. The Morgan fingerprint density at radius 1 is 0.938 bits per heavy atom. The van der Waals surface area contributed by atoms with Crippen molar-refractivity contribution in [1.82, 2.24) is 0 Å². The molecule has 0 fully saturated rings. The Bertz CT molecular complexity index is 1200. The van der Waals surface area contributed by atoms with Gasteiger partial charge in [-0.3, -0.25) is 4.31 Å². The van der Waals surface area contributed by atoms with Crippen LogP contribution in [0.5, 0.6) is 0 Å². The highest BCUT2D eigenvalue weighted by Crippen LogP contribution is 2.31. The number of carbonyl (C=O) groups is 2. The molecule has 0 spiro atoms. The maximum absolute atomic E-state index is 13.7. The highest BCUT2D eigenvalue weighted by Gasteiger charge is 2.29. The summed E-state index contributed by atoms with van der Waals surface area (Å²) >= 11 is 6.24. The molecule has 0 N–H and O–H groups in total. The molecule has 0 amide bonds. The molecule has 0 aliphatic carbocycles. The molecule has 0 radical (unpaired) electrons. The van der Waals surface area contributed by atoms with Gasteiger partial charge in [-0.2, -0.15) is 0 Å². The van der Waals surface area contributed by atoms with Gasteiger partial charge in [0.15, 0.2) is 6.61 Å². The minimum atomic E-state index is -4.17. The number of rotatable bonds is 8. The number of esters is 2. The molecule has 0 saturated carbocycles. The van der Waals surface area contributed by atoms with E-state index in [2.05, 4.69) is 4.74 Å². The molecule has 7 nitrogen and oxygen atoms in total. The standard InChI is InChI=1S/C23H20ClNO6S/c1-30-22(26)16-31-23(27)18-12-13-20(24)21(14-18)32(28,29)25(19-10-6-3-7-11-19)15-17-8-4-2-5-9-17/h2-14H,15-16H2,1H3. The molecule has 3 rings (SSSR count). The zero-order chi connectivity index (χ0) is 23.1. The van der Waals surface area contributed by atoms with Gasteiger partial charge < -0.3 is 9.47 Å². The number of methoxy groups -OCH3 is 1. The predicted octanol–water partition coefficient (Wildman–Crippen LogP) is 4.07. The van der Waals surface area contributed by atoms with Gasteiger partial charge in [-0.15, -0.1) is 0 Å². The molecular weight excluding hydrogens is 454 g/mol. The average Bonchev–Trinajstić information content (AvgIpc) is 2.82. The maximum atomic E-state index is 13.7. The number of ether oxygens (including phenoxy) is 2. The van der Waals surface area contributed by atoms with Crippen molar-refractivity contribution in [2.75, 3.05) is 18.0 Å². The fourth-order valence-electron chi connectivity index (χ4n) is 2.87. The molecule has 32 heavy (non-hydrogen) atoms. The zero-order valence-electron chi connectivity index (χ0n) is 17.1. The number of para-hydroxylation sites is 1. The number of hydrogen-bond acceptors (Lipinski definition) is 6. The molecular formula is C23H20ClNO6S. The topological polar surface area (TPSA) is 90.0 Å². The predicted molar refractivity (Wildman–Crippen MR) is 120 cm³/mol. The summed E-state index contributed by atoms with van der Waals surface area (Å²) in [5.74, 6) is -1.61. The van der Waals surface area contributed by atoms with Gasteiger partial charge in [0.1, 0.15) is 4.90 Å². The molecule has 0 bridgehead atoms. The van der Waals surface area contributed by atoms with Gasteiger partial charge in [0.05, 0.1) is 29.9 Å². The Balaban J connectivity index is 2.00. The second kappa shape index (κ2) is 10.3. The first-order chi connectivity index (χ1) is 15.3. The van der Waals surface area contributed by atoms with Crippen LogP contribution >= 0.6 is 11.6 Å². The highest BCUT2D eigenvalue weighted by molar-refractivity contribution is 7.93. The van der Waals surface area contributed by atoms with E-state index in [1.807, 2.05) is 30.3 Å². The van der Waals surface area contributed by atoms with E-state index in [-0.39, 0.29) is 22.0 Å². The summed E-state index contributed by atoms with van der Waals surface area (Å²) in [5, 5.41) is -0.0523. The van der Waals surface area contributed by atoms with Crippen molar-refractivity contribution in [3.05, 3.63) is 95.0 Å². The number of halogens is 1. The van der Waals surface area contributed by atoms with E-state index in [4.69, 9.17) is 16.3 Å². The van der Waals surface area contributed by atoms with E-state index in [1.54, 1.807) is 30.3 Å². The molecule has 0 aliphatic rings. The van der Waals surface area contributed by atoms with Gasteiger partial charge in [-0.1, -0.05) is 60.1 Å². The molecule has 0 atom stereocenters. The monoisotopic (exact) mass is 473 g/mol. The van der Waals surface area contributed by atoms with Gasteiger partial charge in [-0.25, -0.2) is 18.0 Å². The number of anilines is 1. The van der Waals surface area contributed by atoms with E-state index in [0.717, 1.165) is 18.7 Å². The number of sulfonamides is 1. The first-order valence-corrected chi connectivity index (χ1v) is 11.3. The van der Waals surface area contributed by atoms with Crippen LogP contribution in [-0.2, 0) is 30.8 Å². The molecule has 166 valence electrons. The summed E-state index contributed by atoms with van der Waals surface area (Å²) in [4.78, 5) is 23.3. The first-order valence-electron chi connectivity index (χ1n) is 9.48. The van der Waals surface area contributed by atoms with Crippen molar-refractivity contribution in [2.24, 2.45) is 0 Å². The van der Waals surface area contributed by atoms with Crippen molar-refractivity contribution in [3.8, 4) is 0 Å². The molecule has 0 aromatic heterocycles. The van der Waals surface area contributed by atoms with Gasteiger partial charge in [0.2, 0.25) is 0 Å². The lowest BCUT2D eigenvalue weighted by Crippen LogP contribution is -2.31. The summed E-state index contributed by atoms with van der Waals surface area (Å²) < 4.78 is 37.8. The summed E-state index contributed by atoms with van der Waals surface area (Å²) in [6.45, 7) is -0.537. The summed E-state index contributed by atoms with van der Waals surface area (Å²) in [7, 11) is -3.01. The SMILES string of the molecule is COC(=O)COC(=O)c1ccc(Cl)c(S(=O)(=O)N(Cc2ccccc2)c2ccccc2)c1. The quantitative estimate of drug-likeness (QED) is 0.458. The van der Waals surface area contributed by atoms with Gasteiger partial charge in [0, 0.05) is 0 Å². The Morgan fingerprint density at radius 2 is 1.56 bits per heavy atom. The van der Waals surface area contributed by atoms with Crippen molar-refractivity contribution >= 4 is 39.3 Å². The Labute approximate surface area is 191 Å². The van der Waals surface area contributed by atoms with Gasteiger partial charge >= 0.3 is 11.9 Å². The fourth-order valence-corrected chi connectivity index (χ4v) is 4.83. The van der Waals surface area contributed by atoms with E-state index in [9.17, 15) is 18.0 Å². The first kappa shape index (κ1) is 23.3. The van der Waals surface area contributed by atoms with Crippen molar-refractivity contribution in [1.29, 1.82) is 0 Å². The molecule has 3 aromatic rings. The molecule has 3 aromatic carbocycles. The van der Waals surface area contributed by atoms with Crippen LogP contribution < -0.4 is 4.31 Å². The number of hydrogen-bond donors (Lipinski definition) is 0. The smallest absolute Gasteiger partial charge is 0.344 e. The van der Waals surface area contributed by atoms with E-state index >= 15 is 0 Å². The van der Waals surface area contributed by atoms with Crippen LogP contribution in [0.4, 0.5) is 5.69 Å². The Hall–Kier alpha value is -3.36. The summed E-state index contributed by atoms with van der Waals surface area (Å²) in [6, 6.07) is 21.4. The van der Waals surface area contributed by atoms with Crippen molar-refractivity contribution in [2.45, 2.75) is 11.4 Å². The van der Waals surface area contributed by atoms with Crippen LogP contribution in [0, 0.1) is 0 Å². The third-order valence-electron chi connectivity index (χ3n) is 4.50. The van der Waals surface area contributed by atoms with Crippen LogP contribution in [0.15, 0.2) is 83.8 Å².